The molecule has 1 aromatic heterocycles. The fraction of sp³-hybridized carbons (Fsp3) is 0.500. The summed E-state index contributed by atoms with van der Waals surface area (Å²) in [5.74, 6) is 0.0818. The molecule has 1 heterocycles. The van der Waals surface area contributed by atoms with Crippen molar-refractivity contribution < 1.29 is 4.79 Å². The first-order chi connectivity index (χ1) is 7.75. The number of nitrogens with two attached hydrogens (primary N) is 2. The second kappa shape index (κ2) is 6.95. The lowest BCUT2D eigenvalue weighted by atomic mass is 10.0. The molecule has 4 N–H and O–H groups in total. The van der Waals surface area contributed by atoms with Crippen LogP contribution in [0.15, 0.2) is 18.5 Å². The molecule has 0 aliphatic rings. The largest absolute Gasteiger partial charge is 0.398 e. The zero-order chi connectivity index (χ0) is 11.8. The molecule has 4 heteroatoms. The number of nitrogen functional groups attached to an aromatic ring is 1. The van der Waals surface area contributed by atoms with Crippen LogP contribution in [0.1, 0.15) is 42.5 Å². The van der Waals surface area contributed by atoms with Crippen LogP contribution in [0.3, 0.4) is 0 Å². The highest BCUT2D eigenvalue weighted by Crippen LogP contribution is 2.13. The molecule has 1 rings (SSSR count). The highest BCUT2D eigenvalue weighted by atomic mass is 16.1. The molecule has 0 aromatic carbocycles. The average Bonchev–Trinajstić information content (AvgIpc) is 2.29. The van der Waals surface area contributed by atoms with E-state index in [-0.39, 0.29) is 5.78 Å². The van der Waals surface area contributed by atoms with E-state index in [1.807, 2.05) is 0 Å². The first-order valence-electron chi connectivity index (χ1n) is 5.68. The Balaban J connectivity index is 2.33. The molecule has 0 radical (unpaired) electrons. The van der Waals surface area contributed by atoms with E-state index in [1.54, 1.807) is 12.3 Å². The maximum atomic E-state index is 11.8. The highest BCUT2D eigenvalue weighted by Gasteiger charge is 2.08. The van der Waals surface area contributed by atoms with E-state index < -0.39 is 0 Å². The third kappa shape index (κ3) is 3.98. The molecule has 0 saturated heterocycles. The number of nitrogens with zero attached hydrogens (tertiary/aromatic N) is 1. The van der Waals surface area contributed by atoms with Gasteiger partial charge in [-0.25, -0.2) is 0 Å². The molecular weight excluding hydrogens is 202 g/mol. The Bertz CT molecular complexity index is 339. The summed E-state index contributed by atoms with van der Waals surface area (Å²) in [4.78, 5) is 15.7. The van der Waals surface area contributed by atoms with Gasteiger partial charge in [-0.15, -0.1) is 0 Å². The van der Waals surface area contributed by atoms with E-state index in [0.717, 1.165) is 32.2 Å². The van der Waals surface area contributed by atoms with Crippen molar-refractivity contribution in [3.8, 4) is 0 Å². The van der Waals surface area contributed by atoms with Gasteiger partial charge in [-0.05, 0) is 25.5 Å². The molecule has 88 valence electrons. The number of unbranched alkanes of at least 4 members (excludes halogenated alkanes) is 3. The van der Waals surface area contributed by atoms with Crippen LogP contribution in [0.4, 0.5) is 5.69 Å². The van der Waals surface area contributed by atoms with E-state index in [9.17, 15) is 4.79 Å². The number of carbonyl (C=O) groups excluding carboxylic acids is 1. The van der Waals surface area contributed by atoms with Gasteiger partial charge in [0.2, 0.25) is 0 Å². The third-order valence-corrected chi connectivity index (χ3v) is 2.51. The van der Waals surface area contributed by atoms with Crippen LogP contribution in [-0.2, 0) is 0 Å². The summed E-state index contributed by atoms with van der Waals surface area (Å²) in [5, 5.41) is 0. The minimum atomic E-state index is 0.0818. The Morgan fingerprint density at radius 2 is 2.00 bits per heavy atom. The molecule has 4 nitrogen and oxygen atoms in total. The minimum absolute atomic E-state index is 0.0818. The van der Waals surface area contributed by atoms with Gasteiger partial charge in [0.05, 0.1) is 5.56 Å². The summed E-state index contributed by atoms with van der Waals surface area (Å²) in [6.45, 7) is 0.726. The monoisotopic (exact) mass is 221 g/mol. The maximum absolute atomic E-state index is 11.8. The number of rotatable bonds is 7. The van der Waals surface area contributed by atoms with Gasteiger partial charge < -0.3 is 11.5 Å². The average molecular weight is 221 g/mol. The Morgan fingerprint density at radius 1 is 1.25 bits per heavy atom. The first kappa shape index (κ1) is 12.6. The van der Waals surface area contributed by atoms with Crippen molar-refractivity contribution in [1.29, 1.82) is 0 Å². The van der Waals surface area contributed by atoms with Crippen molar-refractivity contribution in [3.63, 3.8) is 0 Å². The summed E-state index contributed by atoms with van der Waals surface area (Å²) in [5.41, 5.74) is 12.1. The number of Topliss-reactive ketones (excluding diaryl/α,β-unsaturated/α-hetero) is 1. The van der Waals surface area contributed by atoms with Crippen LogP contribution in [0.5, 0.6) is 0 Å². The van der Waals surface area contributed by atoms with Crippen molar-refractivity contribution >= 4 is 11.5 Å². The number of anilines is 1. The molecule has 0 bridgehead atoms. The summed E-state index contributed by atoms with van der Waals surface area (Å²) in [6, 6.07) is 1.65. The van der Waals surface area contributed by atoms with Crippen molar-refractivity contribution in [1.82, 2.24) is 4.98 Å². The van der Waals surface area contributed by atoms with Gasteiger partial charge in [0.1, 0.15) is 0 Å². The van der Waals surface area contributed by atoms with Crippen molar-refractivity contribution in [3.05, 3.63) is 24.0 Å². The molecule has 0 saturated carbocycles. The SMILES string of the molecule is NCCCCCCC(=O)c1cnccc1N. The van der Waals surface area contributed by atoms with Crippen LogP contribution < -0.4 is 11.5 Å². The van der Waals surface area contributed by atoms with Crippen LogP contribution >= 0.6 is 0 Å². The molecule has 0 atom stereocenters. The van der Waals surface area contributed by atoms with Crippen molar-refractivity contribution in [2.45, 2.75) is 32.1 Å². The Labute approximate surface area is 96.0 Å². The van der Waals surface area contributed by atoms with Crippen LogP contribution in [0.2, 0.25) is 0 Å². The molecule has 16 heavy (non-hydrogen) atoms. The summed E-state index contributed by atoms with van der Waals surface area (Å²) < 4.78 is 0. The lowest BCUT2D eigenvalue weighted by Gasteiger charge is -2.03. The summed E-state index contributed by atoms with van der Waals surface area (Å²) in [6.07, 6.45) is 7.73. The van der Waals surface area contributed by atoms with Gasteiger partial charge >= 0.3 is 0 Å². The molecule has 0 spiro atoms. The molecule has 1 aromatic rings. The summed E-state index contributed by atoms with van der Waals surface area (Å²) >= 11 is 0. The quantitative estimate of drug-likeness (QED) is 0.543. The Kier molecular flexibility index (Phi) is 5.50. The number of hydrogen-bond donors (Lipinski definition) is 2. The molecular formula is C12H19N3O. The molecule has 0 fully saturated rings. The normalized spacial score (nSPS) is 10.3. The van der Waals surface area contributed by atoms with E-state index in [1.165, 1.54) is 6.20 Å². The lowest BCUT2D eigenvalue weighted by Crippen LogP contribution is -2.04. The van der Waals surface area contributed by atoms with Gasteiger partial charge in [-0.2, -0.15) is 0 Å². The smallest absolute Gasteiger partial charge is 0.166 e. The van der Waals surface area contributed by atoms with Crippen LogP contribution in [0, 0.1) is 0 Å². The topological polar surface area (TPSA) is 82.0 Å². The van der Waals surface area contributed by atoms with Crippen LogP contribution in [-0.4, -0.2) is 17.3 Å². The fourth-order valence-electron chi connectivity index (χ4n) is 1.56. The molecule has 0 unspecified atom stereocenters. The molecule has 0 aliphatic heterocycles. The van der Waals surface area contributed by atoms with E-state index in [4.69, 9.17) is 11.5 Å². The zero-order valence-corrected chi connectivity index (χ0v) is 9.48. The molecule has 0 amide bonds. The standard InChI is InChI=1S/C12H19N3O/c13-7-4-2-1-3-5-12(16)10-9-15-8-6-11(10)14/h6,8-9H,1-5,7,13H2,(H2,14,15). The highest BCUT2D eigenvalue weighted by molar-refractivity contribution is 6.00. The van der Waals surface area contributed by atoms with E-state index in [0.29, 0.717) is 17.7 Å². The molecule has 0 aliphatic carbocycles. The Morgan fingerprint density at radius 3 is 2.69 bits per heavy atom. The van der Waals surface area contributed by atoms with Crippen molar-refractivity contribution in [2.75, 3.05) is 12.3 Å². The van der Waals surface area contributed by atoms with Gasteiger partial charge in [0.25, 0.3) is 0 Å². The predicted octanol–water partition coefficient (Wildman–Crippen LogP) is 1.76. The number of pyridine rings is 1. The van der Waals surface area contributed by atoms with Gasteiger partial charge in [0, 0.05) is 24.5 Å². The lowest BCUT2D eigenvalue weighted by molar-refractivity contribution is 0.0979. The number of carbonyl (C=O) groups is 1. The van der Waals surface area contributed by atoms with Gasteiger partial charge in [0.15, 0.2) is 5.78 Å². The predicted molar refractivity (Wildman–Crippen MR) is 65.1 cm³/mol. The number of aromatic nitrogens is 1. The van der Waals surface area contributed by atoms with Crippen molar-refractivity contribution in [2.24, 2.45) is 5.73 Å². The second-order valence-corrected chi connectivity index (χ2v) is 3.84. The van der Waals surface area contributed by atoms with Gasteiger partial charge in [-0.1, -0.05) is 12.8 Å². The van der Waals surface area contributed by atoms with E-state index in [2.05, 4.69) is 4.98 Å². The maximum Gasteiger partial charge on any atom is 0.166 e. The zero-order valence-electron chi connectivity index (χ0n) is 9.48. The third-order valence-electron chi connectivity index (χ3n) is 2.51. The van der Waals surface area contributed by atoms with Crippen LogP contribution in [0.25, 0.3) is 0 Å². The number of ketones is 1. The second-order valence-electron chi connectivity index (χ2n) is 3.84. The summed E-state index contributed by atoms with van der Waals surface area (Å²) in [7, 11) is 0. The van der Waals surface area contributed by atoms with Gasteiger partial charge in [-0.3, -0.25) is 9.78 Å². The fourth-order valence-corrected chi connectivity index (χ4v) is 1.56. The minimum Gasteiger partial charge on any atom is -0.398 e. The van der Waals surface area contributed by atoms with E-state index >= 15 is 0 Å². The Hall–Kier alpha value is -1.42. The first-order valence-corrected chi connectivity index (χ1v) is 5.68. The number of hydrogen-bond acceptors (Lipinski definition) is 4.